The normalized spacial score (nSPS) is 27.1. The lowest BCUT2D eigenvalue weighted by Gasteiger charge is -2.26. The lowest BCUT2D eigenvalue weighted by atomic mass is 10.1. The van der Waals surface area contributed by atoms with Crippen molar-refractivity contribution in [2.45, 2.75) is 31.9 Å². The molecule has 1 aliphatic heterocycles. The van der Waals surface area contributed by atoms with Gasteiger partial charge in [-0.25, -0.2) is 0 Å². The van der Waals surface area contributed by atoms with E-state index in [4.69, 9.17) is 11.1 Å². The van der Waals surface area contributed by atoms with Crippen molar-refractivity contribution < 1.29 is 5.11 Å². The second-order valence-electron chi connectivity index (χ2n) is 3.03. The number of nitrogens with two attached hydrogens (primary N) is 1. The van der Waals surface area contributed by atoms with Crippen molar-refractivity contribution in [2.75, 3.05) is 6.54 Å². The van der Waals surface area contributed by atoms with Crippen LogP contribution in [0.2, 0.25) is 0 Å². The molecule has 0 bridgehead atoms. The maximum Gasteiger partial charge on any atom is 0.188 e. The van der Waals surface area contributed by atoms with Crippen molar-refractivity contribution in [1.82, 2.24) is 4.90 Å². The smallest absolute Gasteiger partial charge is 0.188 e. The third-order valence-electron chi connectivity index (χ3n) is 2.17. The maximum absolute atomic E-state index is 9.28. The van der Waals surface area contributed by atoms with E-state index in [1.807, 2.05) is 0 Å². The van der Waals surface area contributed by atoms with Crippen molar-refractivity contribution in [3.05, 3.63) is 0 Å². The van der Waals surface area contributed by atoms with Crippen LogP contribution >= 0.6 is 0 Å². The number of hydrogen-bond acceptors (Lipinski definition) is 2. The molecule has 0 aromatic carbocycles. The standard InChI is InChI=1S/C7H15N3O/c1-5(11)6-3-2-4-10(6)7(8)9/h5-6,11H,2-4H2,1H3,(H3,8,9)/t5-,6+/m0/s1. The summed E-state index contributed by atoms with van der Waals surface area (Å²) in [6.07, 6.45) is 1.58. The number of likely N-dealkylation sites (tertiary alicyclic amines) is 1. The first-order valence-corrected chi connectivity index (χ1v) is 3.91. The molecule has 1 heterocycles. The fourth-order valence-corrected chi connectivity index (χ4v) is 1.59. The fourth-order valence-electron chi connectivity index (χ4n) is 1.59. The molecule has 11 heavy (non-hydrogen) atoms. The summed E-state index contributed by atoms with van der Waals surface area (Å²) >= 11 is 0. The average molecular weight is 157 g/mol. The summed E-state index contributed by atoms with van der Waals surface area (Å²) < 4.78 is 0. The molecule has 0 aliphatic carbocycles. The first kappa shape index (κ1) is 8.33. The van der Waals surface area contributed by atoms with Crippen molar-refractivity contribution in [1.29, 1.82) is 5.41 Å². The zero-order valence-electron chi connectivity index (χ0n) is 6.75. The van der Waals surface area contributed by atoms with Crippen LogP contribution in [0.15, 0.2) is 0 Å². The molecular weight excluding hydrogens is 142 g/mol. The van der Waals surface area contributed by atoms with Gasteiger partial charge in [0.05, 0.1) is 12.1 Å². The Labute approximate surface area is 66.5 Å². The van der Waals surface area contributed by atoms with E-state index >= 15 is 0 Å². The molecule has 1 saturated heterocycles. The van der Waals surface area contributed by atoms with E-state index in [2.05, 4.69) is 0 Å². The van der Waals surface area contributed by atoms with E-state index in [-0.39, 0.29) is 18.1 Å². The van der Waals surface area contributed by atoms with Gasteiger partial charge < -0.3 is 15.7 Å². The number of rotatable bonds is 1. The maximum atomic E-state index is 9.28. The molecule has 0 amide bonds. The molecule has 2 atom stereocenters. The Balaban J connectivity index is 2.58. The third kappa shape index (κ3) is 1.63. The third-order valence-corrected chi connectivity index (χ3v) is 2.17. The Bertz CT molecular complexity index is 158. The zero-order valence-corrected chi connectivity index (χ0v) is 6.75. The number of nitrogens with one attached hydrogen (secondary N) is 1. The molecule has 4 heteroatoms. The highest BCUT2D eigenvalue weighted by molar-refractivity contribution is 5.75. The number of nitrogens with zero attached hydrogens (tertiary/aromatic N) is 1. The lowest BCUT2D eigenvalue weighted by molar-refractivity contribution is 0.118. The average Bonchev–Trinajstić information content (AvgIpc) is 2.32. The lowest BCUT2D eigenvalue weighted by Crippen LogP contribution is -2.44. The number of hydrogen-bond donors (Lipinski definition) is 3. The zero-order chi connectivity index (χ0) is 8.43. The molecular formula is C7H15N3O. The number of guanidine groups is 1. The first-order chi connectivity index (χ1) is 5.13. The van der Waals surface area contributed by atoms with Gasteiger partial charge in [0, 0.05) is 6.54 Å². The Morgan fingerprint density at radius 3 is 2.82 bits per heavy atom. The van der Waals surface area contributed by atoms with Gasteiger partial charge in [-0.3, -0.25) is 5.41 Å². The molecule has 0 saturated carbocycles. The molecule has 64 valence electrons. The van der Waals surface area contributed by atoms with Gasteiger partial charge in [-0.15, -0.1) is 0 Å². The van der Waals surface area contributed by atoms with Crippen LogP contribution in [0.3, 0.4) is 0 Å². The van der Waals surface area contributed by atoms with Gasteiger partial charge in [-0.05, 0) is 19.8 Å². The second kappa shape index (κ2) is 3.09. The van der Waals surface area contributed by atoms with Crippen LogP contribution in [0.1, 0.15) is 19.8 Å². The van der Waals surface area contributed by atoms with Crippen LogP contribution in [0.5, 0.6) is 0 Å². The van der Waals surface area contributed by atoms with Crippen molar-refractivity contribution in [3.63, 3.8) is 0 Å². The Morgan fingerprint density at radius 2 is 2.45 bits per heavy atom. The fraction of sp³-hybridized carbons (Fsp3) is 0.857. The highest BCUT2D eigenvalue weighted by Crippen LogP contribution is 2.18. The minimum absolute atomic E-state index is 0.0625. The molecule has 0 unspecified atom stereocenters. The van der Waals surface area contributed by atoms with E-state index in [0.717, 1.165) is 19.4 Å². The largest absolute Gasteiger partial charge is 0.391 e. The molecule has 0 radical (unpaired) electrons. The topological polar surface area (TPSA) is 73.3 Å². The highest BCUT2D eigenvalue weighted by atomic mass is 16.3. The first-order valence-electron chi connectivity index (χ1n) is 3.91. The Kier molecular flexibility index (Phi) is 2.34. The van der Waals surface area contributed by atoms with Crippen LogP contribution in [0, 0.1) is 5.41 Å². The van der Waals surface area contributed by atoms with Crippen LogP contribution in [0.4, 0.5) is 0 Å². The van der Waals surface area contributed by atoms with E-state index in [1.165, 1.54) is 0 Å². The van der Waals surface area contributed by atoms with Crippen LogP contribution < -0.4 is 5.73 Å². The molecule has 0 spiro atoms. The van der Waals surface area contributed by atoms with Gasteiger partial charge in [0.25, 0.3) is 0 Å². The SMILES string of the molecule is C[C@H](O)[C@H]1CCCN1C(=N)N. The minimum Gasteiger partial charge on any atom is -0.391 e. The minimum atomic E-state index is -0.388. The molecule has 4 N–H and O–H groups in total. The van der Waals surface area contributed by atoms with E-state index in [9.17, 15) is 5.11 Å². The van der Waals surface area contributed by atoms with Crippen LogP contribution in [-0.2, 0) is 0 Å². The van der Waals surface area contributed by atoms with Gasteiger partial charge in [0.1, 0.15) is 0 Å². The molecule has 1 aliphatic rings. The van der Waals surface area contributed by atoms with Crippen molar-refractivity contribution in [3.8, 4) is 0 Å². The van der Waals surface area contributed by atoms with Gasteiger partial charge in [0.15, 0.2) is 5.96 Å². The van der Waals surface area contributed by atoms with Gasteiger partial charge >= 0.3 is 0 Å². The summed E-state index contributed by atoms with van der Waals surface area (Å²) in [5.74, 6) is 0.0772. The number of aliphatic hydroxyl groups is 1. The summed E-state index contributed by atoms with van der Waals surface area (Å²) in [6.45, 7) is 2.55. The summed E-state index contributed by atoms with van der Waals surface area (Å²) in [7, 11) is 0. The molecule has 1 rings (SSSR count). The van der Waals surface area contributed by atoms with E-state index < -0.39 is 0 Å². The summed E-state index contributed by atoms with van der Waals surface area (Å²) in [5, 5.41) is 16.5. The number of aliphatic hydroxyl groups excluding tert-OH is 1. The molecule has 1 fully saturated rings. The second-order valence-corrected chi connectivity index (χ2v) is 3.03. The molecule has 0 aromatic rings. The molecule has 4 nitrogen and oxygen atoms in total. The summed E-state index contributed by atoms with van der Waals surface area (Å²) in [6, 6.07) is 0.0625. The van der Waals surface area contributed by atoms with Gasteiger partial charge in [-0.1, -0.05) is 0 Å². The predicted molar refractivity (Wildman–Crippen MR) is 43.3 cm³/mol. The molecule has 0 aromatic heterocycles. The monoisotopic (exact) mass is 157 g/mol. The quantitative estimate of drug-likeness (QED) is 0.362. The van der Waals surface area contributed by atoms with E-state index in [0.29, 0.717) is 0 Å². The van der Waals surface area contributed by atoms with Crippen LogP contribution in [-0.4, -0.2) is 34.7 Å². The van der Waals surface area contributed by atoms with Gasteiger partial charge in [0.2, 0.25) is 0 Å². The Morgan fingerprint density at radius 1 is 1.82 bits per heavy atom. The van der Waals surface area contributed by atoms with Crippen molar-refractivity contribution in [2.24, 2.45) is 5.73 Å². The Hall–Kier alpha value is -0.770. The summed E-state index contributed by atoms with van der Waals surface area (Å²) in [5.41, 5.74) is 5.32. The van der Waals surface area contributed by atoms with Crippen LogP contribution in [0.25, 0.3) is 0 Å². The van der Waals surface area contributed by atoms with Crippen molar-refractivity contribution >= 4 is 5.96 Å². The predicted octanol–water partition coefficient (Wildman–Crippen LogP) is -0.275. The highest BCUT2D eigenvalue weighted by Gasteiger charge is 2.28. The van der Waals surface area contributed by atoms with E-state index in [1.54, 1.807) is 11.8 Å². The van der Waals surface area contributed by atoms with Gasteiger partial charge in [-0.2, -0.15) is 0 Å². The summed E-state index contributed by atoms with van der Waals surface area (Å²) in [4.78, 5) is 1.75.